The Hall–Kier alpha value is -2.53. The summed E-state index contributed by atoms with van der Waals surface area (Å²) in [6.45, 7) is 1.03. The quantitative estimate of drug-likeness (QED) is 0.704. The van der Waals surface area contributed by atoms with Gasteiger partial charge in [-0.25, -0.2) is 0 Å². The van der Waals surface area contributed by atoms with Crippen molar-refractivity contribution in [3.05, 3.63) is 64.7 Å². The molecular formula is C21H26ClN3O2. The van der Waals surface area contributed by atoms with Crippen molar-refractivity contribution in [1.82, 2.24) is 10.2 Å². The largest absolute Gasteiger partial charge is 0.378 e. The molecule has 0 aliphatic carbocycles. The lowest BCUT2D eigenvalue weighted by atomic mass is 10.1. The molecule has 0 fully saturated rings. The van der Waals surface area contributed by atoms with Crippen molar-refractivity contribution in [1.29, 1.82) is 0 Å². The van der Waals surface area contributed by atoms with Crippen LogP contribution in [0.2, 0.25) is 5.02 Å². The van der Waals surface area contributed by atoms with Crippen LogP contribution >= 0.6 is 11.6 Å². The SMILES string of the molecule is CN(Cc1ccc(N(C)C)cc1)C(=O)CCCNC(=O)c1ccc(Cl)cc1. The van der Waals surface area contributed by atoms with Crippen molar-refractivity contribution in [2.24, 2.45) is 0 Å². The van der Waals surface area contributed by atoms with Crippen LogP contribution in [-0.2, 0) is 11.3 Å². The van der Waals surface area contributed by atoms with Crippen LogP contribution in [0.4, 0.5) is 5.69 Å². The first-order chi connectivity index (χ1) is 12.9. The highest BCUT2D eigenvalue weighted by atomic mass is 35.5. The normalized spacial score (nSPS) is 10.4. The van der Waals surface area contributed by atoms with Gasteiger partial charge in [0.2, 0.25) is 5.91 Å². The molecule has 0 spiro atoms. The van der Waals surface area contributed by atoms with E-state index >= 15 is 0 Å². The lowest BCUT2D eigenvalue weighted by Gasteiger charge is -2.18. The second-order valence-electron chi connectivity index (χ2n) is 6.68. The van der Waals surface area contributed by atoms with Gasteiger partial charge in [-0.1, -0.05) is 23.7 Å². The Morgan fingerprint density at radius 3 is 2.19 bits per heavy atom. The van der Waals surface area contributed by atoms with Crippen LogP contribution in [0.3, 0.4) is 0 Å². The molecule has 2 rings (SSSR count). The van der Waals surface area contributed by atoms with Gasteiger partial charge in [0.25, 0.3) is 5.91 Å². The highest BCUT2D eigenvalue weighted by Crippen LogP contribution is 2.14. The zero-order valence-electron chi connectivity index (χ0n) is 16.0. The van der Waals surface area contributed by atoms with Crippen LogP contribution in [0.1, 0.15) is 28.8 Å². The zero-order valence-corrected chi connectivity index (χ0v) is 16.8. The molecule has 0 atom stereocenters. The first-order valence-electron chi connectivity index (χ1n) is 8.91. The van der Waals surface area contributed by atoms with Crippen LogP contribution < -0.4 is 10.2 Å². The Morgan fingerprint density at radius 2 is 1.59 bits per heavy atom. The maximum absolute atomic E-state index is 12.3. The first kappa shape index (κ1) is 20.8. The second-order valence-corrected chi connectivity index (χ2v) is 7.11. The Bertz CT molecular complexity index is 758. The number of benzene rings is 2. The Labute approximate surface area is 165 Å². The molecule has 0 bridgehead atoms. The molecule has 0 aliphatic heterocycles. The lowest BCUT2D eigenvalue weighted by molar-refractivity contribution is -0.130. The van der Waals surface area contributed by atoms with Gasteiger partial charge in [-0.3, -0.25) is 9.59 Å². The fourth-order valence-corrected chi connectivity index (χ4v) is 2.72. The fraction of sp³-hybridized carbons (Fsp3) is 0.333. The van der Waals surface area contributed by atoms with E-state index in [9.17, 15) is 9.59 Å². The van der Waals surface area contributed by atoms with Gasteiger partial charge in [-0.15, -0.1) is 0 Å². The van der Waals surface area contributed by atoms with Crippen molar-refractivity contribution in [2.75, 3.05) is 32.6 Å². The van der Waals surface area contributed by atoms with Gasteiger partial charge in [0.15, 0.2) is 0 Å². The lowest BCUT2D eigenvalue weighted by Crippen LogP contribution is -2.28. The summed E-state index contributed by atoms with van der Waals surface area (Å²) in [5.41, 5.74) is 2.78. The summed E-state index contributed by atoms with van der Waals surface area (Å²) < 4.78 is 0. The molecular weight excluding hydrogens is 362 g/mol. The van der Waals surface area contributed by atoms with Crippen LogP contribution in [0.5, 0.6) is 0 Å². The molecule has 0 aromatic heterocycles. The Morgan fingerprint density at radius 1 is 0.963 bits per heavy atom. The van der Waals surface area contributed by atoms with Gasteiger partial charge in [0, 0.05) is 56.9 Å². The molecule has 144 valence electrons. The standard InChI is InChI=1S/C21H26ClN3O2/c1-24(2)19-12-6-16(7-13-19)15-25(3)20(26)5-4-14-23-21(27)17-8-10-18(22)11-9-17/h6-13H,4-5,14-15H2,1-3H3,(H,23,27). The molecule has 0 aliphatic rings. The molecule has 0 heterocycles. The third-order valence-corrected chi connectivity index (χ3v) is 4.51. The van der Waals surface area contributed by atoms with Gasteiger partial charge >= 0.3 is 0 Å². The van der Waals surface area contributed by atoms with Crippen LogP contribution in [0.25, 0.3) is 0 Å². The summed E-state index contributed by atoms with van der Waals surface area (Å²) in [5.74, 6) is -0.0964. The minimum atomic E-state index is -0.159. The topological polar surface area (TPSA) is 52.6 Å². The van der Waals surface area contributed by atoms with Crippen LogP contribution in [0, 0.1) is 0 Å². The van der Waals surface area contributed by atoms with Gasteiger partial charge in [-0.05, 0) is 48.4 Å². The number of rotatable bonds is 8. The van der Waals surface area contributed by atoms with E-state index in [1.165, 1.54) is 0 Å². The number of carbonyl (C=O) groups is 2. The van der Waals surface area contributed by atoms with Crippen molar-refractivity contribution >= 4 is 29.1 Å². The van der Waals surface area contributed by atoms with E-state index in [0.29, 0.717) is 36.5 Å². The average molecular weight is 388 g/mol. The molecule has 1 N–H and O–H groups in total. The molecule has 2 aromatic carbocycles. The molecule has 6 heteroatoms. The van der Waals surface area contributed by atoms with Crippen molar-refractivity contribution < 1.29 is 9.59 Å². The van der Waals surface area contributed by atoms with Crippen LogP contribution in [0.15, 0.2) is 48.5 Å². The number of amides is 2. The smallest absolute Gasteiger partial charge is 0.251 e. The first-order valence-corrected chi connectivity index (χ1v) is 9.28. The molecule has 2 aromatic rings. The summed E-state index contributed by atoms with van der Waals surface area (Å²) in [6.07, 6.45) is 0.995. The maximum atomic E-state index is 12.3. The van der Waals surface area contributed by atoms with E-state index < -0.39 is 0 Å². The van der Waals surface area contributed by atoms with E-state index in [1.54, 1.807) is 36.2 Å². The van der Waals surface area contributed by atoms with Crippen molar-refractivity contribution in [2.45, 2.75) is 19.4 Å². The highest BCUT2D eigenvalue weighted by molar-refractivity contribution is 6.30. The van der Waals surface area contributed by atoms with Gasteiger partial charge in [0.1, 0.15) is 0 Å². The molecule has 0 saturated heterocycles. The number of halogens is 1. The third-order valence-electron chi connectivity index (χ3n) is 4.26. The Balaban J connectivity index is 1.71. The summed E-state index contributed by atoms with van der Waals surface area (Å²) in [7, 11) is 5.79. The minimum Gasteiger partial charge on any atom is -0.378 e. The highest BCUT2D eigenvalue weighted by Gasteiger charge is 2.10. The van der Waals surface area contributed by atoms with E-state index in [0.717, 1.165) is 11.3 Å². The summed E-state index contributed by atoms with van der Waals surface area (Å²) in [4.78, 5) is 28.0. The third kappa shape index (κ3) is 6.61. The molecule has 0 unspecified atom stereocenters. The molecule has 27 heavy (non-hydrogen) atoms. The van der Waals surface area contributed by atoms with Crippen molar-refractivity contribution in [3.8, 4) is 0 Å². The van der Waals surface area contributed by atoms with Crippen molar-refractivity contribution in [3.63, 3.8) is 0 Å². The monoisotopic (exact) mass is 387 g/mol. The predicted octanol–water partition coefficient (Wildman–Crippen LogP) is 3.57. The predicted molar refractivity (Wildman–Crippen MR) is 110 cm³/mol. The van der Waals surface area contributed by atoms with Gasteiger partial charge < -0.3 is 15.1 Å². The Kier molecular flexibility index (Phi) is 7.67. The van der Waals surface area contributed by atoms with Gasteiger partial charge in [0.05, 0.1) is 0 Å². The summed E-state index contributed by atoms with van der Waals surface area (Å²) in [6, 6.07) is 14.9. The van der Waals surface area contributed by atoms with Crippen LogP contribution in [-0.4, -0.2) is 44.4 Å². The molecule has 0 radical (unpaired) electrons. The van der Waals surface area contributed by atoms with E-state index in [2.05, 4.69) is 5.32 Å². The number of carbonyl (C=O) groups excluding carboxylic acids is 2. The fourth-order valence-electron chi connectivity index (χ4n) is 2.60. The number of hydrogen-bond acceptors (Lipinski definition) is 3. The summed E-state index contributed by atoms with van der Waals surface area (Å²) in [5, 5.41) is 3.42. The second kappa shape index (κ2) is 9.97. The minimum absolute atomic E-state index is 0.0624. The zero-order chi connectivity index (χ0) is 19.8. The molecule has 5 nitrogen and oxygen atoms in total. The maximum Gasteiger partial charge on any atom is 0.251 e. The number of hydrogen-bond donors (Lipinski definition) is 1. The molecule has 2 amide bonds. The van der Waals surface area contributed by atoms with E-state index in [1.807, 2.05) is 43.3 Å². The average Bonchev–Trinajstić information content (AvgIpc) is 2.65. The van der Waals surface area contributed by atoms with E-state index in [4.69, 9.17) is 11.6 Å². The number of anilines is 1. The number of nitrogens with one attached hydrogen (secondary N) is 1. The van der Waals surface area contributed by atoms with Gasteiger partial charge in [-0.2, -0.15) is 0 Å². The van der Waals surface area contributed by atoms with E-state index in [-0.39, 0.29) is 11.8 Å². The molecule has 0 saturated carbocycles. The summed E-state index contributed by atoms with van der Waals surface area (Å²) >= 11 is 5.81. The number of nitrogens with zero attached hydrogens (tertiary/aromatic N) is 2.